The van der Waals surface area contributed by atoms with Gasteiger partial charge in [-0.1, -0.05) is 0 Å². The molecule has 1 aliphatic carbocycles. The quantitative estimate of drug-likeness (QED) is 0.754. The number of nitrogens with zero attached hydrogens (tertiary/aromatic N) is 1. The molecular formula is C9H14N2OS. The topological polar surface area (TPSA) is 29.9 Å². The van der Waals surface area contributed by atoms with Crippen LogP contribution in [0.15, 0.2) is 12.4 Å². The summed E-state index contributed by atoms with van der Waals surface area (Å²) in [7, 11) is 1.79. The number of nitrogens with one attached hydrogen (secondary N) is 1. The van der Waals surface area contributed by atoms with E-state index in [-0.39, 0.29) is 5.60 Å². The number of rotatable bonds is 3. The lowest BCUT2D eigenvalue weighted by atomic mass is 9.80. The Balaban J connectivity index is 2.13. The molecule has 1 aromatic rings. The van der Waals surface area contributed by atoms with E-state index in [1.54, 1.807) is 7.11 Å². The minimum absolute atomic E-state index is 0.0560. The maximum absolute atomic E-state index is 5.52. The molecule has 0 aliphatic heterocycles. The van der Waals surface area contributed by atoms with Crippen LogP contribution in [-0.4, -0.2) is 22.3 Å². The zero-order valence-corrected chi connectivity index (χ0v) is 8.56. The number of imidazole rings is 1. The third-order valence-electron chi connectivity index (χ3n) is 2.88. The van der Waals surface area contributed by atoms with Crippen molar-refractivity contribution in [2.24, 2.45) is 0 Å². The summed E-state index contributed by atoms with van der Waals surface area (Å²) in [5, 5.41) is 0. The Kier molecular flexibility index (Phi) is 2.26. The molecule has 1 N–H and O–H groups in total. The van der Waals surface area contributed by atoms with E-state index in [0.29, 0.717) is 0 Å². The van der Waals surface area contributed by atoms with Crippen LogP contribution in [0.2, 0.25) is 0 Å². The molecule has 1 heterocycles. The summed E-state index contributed by atoms with van der Waals surface area (Å²) in [6.45, 7) is 0.881. The highest BCUT2D eigenvalue weighted by molar-refractivity contribution is 7.71. The summed E-state index contributed by atoms with van der Waals surface area (Å²) in [4.78, 5) is 2.99. The van der Waals surface area contributed by atoms with Crippen LogP contribution in [-0.2, 0) is 11.3 Å². The molecule has 0 bridgehead atoms. The molecule has 0 radical (unpaired) electrons. The predicted molar refractivity (Wildman–Crippen MR) is 53.2 cm³/mol. The number of ether oxygens (including phenoxy) is 1. The summed E-state index contributed by atoms with van der Waals surface area (Å²) in [6.07, 6.45) is 7.41. The van der Waals surface area contributed by atoms with Crippen LogP contribution >= 0.6 is 12.2 Å². The average molecular weight is 198 g/mol. The molecule has 0 saturated heterocycles. The Labute approximate surface area is 82.7 Å². The monoisotopic (exact) mass is 198 g/mol. The van der Waals surface area contributed by atoms with E-state index in [2.05, 4.69) is 4.98 Å². The van der Waals surface area contributed by atoms with Gasteiger partial charge in [-0.2, -0.15) is 0 Å². The maximum Gasteiger partial charge on any atom is 0.177 e. The third kappa shape index (κ3) is 1.56. The molecule has 1 aliphatic rings. The number of aromatic amines is 1. The highest BCUT2D eigenvalue weighted by Crippen LogP contribution is 2.36. The van der Waals surface area contributed by atoms with Crippen LogP contribution < -0.4 is 0 Å². The number of hydrogen-bond acceptors (Lipinski definition) is 2. The van der Waals surface area contributed by atoms with Crippen LogP contribution in [0.1, 0.15) is 19.3 Å². The van der Waals surface area contributed by atoms with Gasteiger partial charge in [0, 0.05) is 19.5 Å². The summed E-state index contributed by atoms with van der Waals surface area (Å²) in [5.41, 5.74) is 0.0560. The van der Waals surface area contributed by atoms with Crippen molar-refractivity contribution in [3.05, 3.63) is 17.2 Å². The van der Waals surface area contributed by atoms with E-state index >= 15 is 0 Å². The van der Waals surface area contributed by atoms with Crippen LogP contribution in [0.4, 0.5) is 0 Å². The fourth-order valence-electron chi connectivity index (χ4n) is 1.78. The zero-order valence-electron chi connectivity index (χ0n) is 7.75. The van der Waals surface area contributed by atoms with Gasteiger partial charge in [0.15, 0.2) is 4.77 Å². The van der Waals surface area contributed by atoms with Crippen LogP contribution in [0.5, 0.6) is 0 Å². The highest BCUT2D eigenvalue weighted by atomic mass is 32.1. The smallest absolute Gasteiger partial charge is 0.177 e. The number of hydrogen-bond donors (Lipinski definition) is 1. The second-order valence-electron chi connectivity index (χ2n) is 3.63. The second kappa shape index (κ2) is 3.27. The molecule has 0 unspecified atom stereocenters. The van der Waals surface area contributed by atoms with Crippen molar-refractivity contribution < 1.29 is 4.74 Å². The van der Waals surface area contributed by atoms with Gasteiger partial charge in [-0.3, -0.25) is 0 Å². The van der Waals surface area contributed by atoms with Crippen LogP contribution in [0.3, 0.4) is 0 Å². The lowest BCUT2D eigenvalue weighted by Gasteiger charge is -2.40. The molecular weight excluding hydrogens is 184 g/mol. The van der Waals surface area contributed by atoms with Crippen molar-refractivity contribution in [3.63, 3.8) is 0 Å². The summed E-state index contributed by atoms with van der Waals surface area (Å²) in [6, 6.07) is 0. The van der Waals surface area contributed by atoms with Gasteiger partial charge in [0.2, 0.25) is 0 Å². The Bertz CT molecular complexity index is 332. The highest BCUT2D eigenvalue weighted by Gasteiger charge is 2.37. The first-order valence-electron chi connectivity index (χ1n) is 4.55. The molecule has 3 nitrogen and oxygen atoms in total. The third-order valence-corrected chi connectivity index (χ3v) is 3.23. The van der Waals surface area contributed by atoms with Gasteiger partial charge in [0.25, 0.3) is 0 Å². The maximum atomic E-state index is 5.52. The van der Waals surface area contributed by atoms with Gasteiger partial charge >= 0.3 is 0 Å². The normalized spacial score (nSPS) is 19.8. The molecule has 72 valence electrons. The van der Waals surface area contributed by atoms with E-state index in [9.17, 15) is 0 Å². The van der Waals surface area contributed by atoms with Gasteiger partial charge < -0.3 is 14.3 Å². The standard InChI is InChI=1S/C9H14N2OS/c1-12-9(3-2-4-9)7-11-6-5-10-8(11)13/h5-6H,2-4,7H2,1H3,(H,10,13). The van der Waals surface area contributed by atoms with Gasteiger partial charge in [-0.15, -0.1) is 0 Å². The molecule has 1 saturated carbocycles. The van der Waals surface area contributed by atoms with Crippen molar-refractivity contribution in [1.29, 1.82) is 0 Å². The van der Waals surface area contributed by atoms with E-state index in [1.165, 1.54) is 6.42 Å². The number of methoxy groups -OCH3 is 1. The van der Waals surface area contributed by atoms with Crippen molar-refractivity contribution in [2.75, 3.05) is 7.11 Å². The minimum atomic E-state index is 0.0560. The zero-order chi connectivity index (χ0) is 9.31. The van der Waals surface area contributed by atoms with Crippen molar-refractivity contribution >= 4 is 12.2 Å². The summed E-state index contributed by atoms with van der Waals surface area (Å²) < 4.78 is 8.34. The fraction of sp³-hybridized carbons (Fsp3) is 0.667. The van der Waals surface area contributed by atoms with Crippen molar-refractivity contribution in [1.82, 2.24) is 9.55 Å². The lowest BCUT2D eigenvalue weighted by Crippen LogP contribution is -2.43. The first-order chi connectivity index (χ1) is 6.26. The second-order valence-corrected chi connectivity index (χ2v) is 4.02. The van der Waals surface area contributed by atoms with Crippen molar-refractivity contribution in [3.8, 4) is 0 Å². The Morgan fingerprint density at radius 1 is 1.69 bits per heavy atom. The molecule has 13 heavy (non-hydrogen) atoms. The average Bonchev–Trinajstić information content (AvgIpc) is 2.44. The summed E-state index contributed by atoms with van der Waals surface area (Å²) in [5.74, 6) is 0. The molecule has 0 spiro atoms. The van der Waals surface area contributed by atoms with Crippen molar-refractivity contribution in [2.45, 2.75) is 31.4 Å². The van der Waals surface area contributed by atoms with Gasteiger partial charge in [0.05, 0.1) is 12.1 Å². The first-order valence-corrected chi connectivity index (χ1v) is 4.96. The van der Waals surface area contributed by atoms with Crippen LogP contribution in [0.25, 0.3) is 0 Å². The van der Waals surface area contributed by atoms with E-state index in [0.717, 1.165) is 24.2 Å². The van der Waals surface area contributed by atoms with Crippen LogP contribution in [0, 0.1) is 4.77 Å². The Morgan fingerprint density at radius 3 is 2.85 bits per heavy atom. The molecule has 2 rings (SSSR count). The Morgan fingerprint density at radius 2 is 2.46 bits per heavy atom. The van der Waals surface area contributed by atoms with Gasteiger partial charge in [-0.05, 0) is 31.5 Å². The Hall–Kier alpha value is -0.610. The molecule has 0 amide bonds. The SMILES string of the molecule is COC1(Cn2cc[nH]c2=S)CCC1. The van der Waals surface area contributed by atoms with E-state index < -0.39 is 0 Å². The fourth-order valence-corrected chi connectivity index (χ4v) is 1.98. The predicted octanol–water partition coefficient (Wildman–Crippen LogP) is 2.11. The number of aromatic nitrogens is 2. The van der Waals surface area contributed by atoms with Gasteiger partial charge in [-0.25, -0.2) is 0 Å². The molecule has 4 heteroatoms. The molecule has 1 fully saturated rings. The molecule has 0 atom stereocenters. The van der Waals surface area contributed by atoms with Gasteiger partial charge in [0.1, 0.15) is 0 Å². The molecule has 0 aromatic carbocycles. The molecule has 1 aromatic heterocycles. The van der Waals surface area contributed by atoms with E-state index in [1.807, 2.05) is 17.0 Å². The first kappa shape index (κ1) is 8.97. The number of H-pyrrole nitrogens is 1. The summed E-state index contributed by atoms with van der Waals surface area (Å²) >= 11 is 5.13. The minimum Gasteiger partial charge on any atom is -0.376 e. The largest absolute Gasteiger partial charge is 0.376 e. The van der Waals surface area contributed by atoms with E-state index in [4.69, 9.17) is 17.0 Å². The lowest BCUT2D eigenvalue weighted by molar-refractivity contribution is -0.0837.